The van der Waals surface area contributed by atoms with Gasteiger partial charge >= 0.3 is 6.09 Å². The van der Waals surface area contributed by atoms with E-state index in [4.69, 9.17) is 4.74 Å². The van der Waals surface area contributed by atoms with Gasteiger partial charge in [-0.05, 0) is 106 Å². The Kier molecular flexibility index (Phi) is 8.30. The zero-order valence-electron chi connectivity index (χ0n) is 29.9. The molecule has 11 heteroatoms. The predicted octanol–water partition coefficient (Wildman–Crippen LogP) is 5.55. The zero-order chi connectivity index (χ0) is 36.3. The molecule has 1 aromatic heterocycles. The third-order valence-electron chi connectivity index (χ3n) is 10.9. The van der Waals surface area contributed by atoms with Gasteiger partial charge in [0, 0.05) is 44.0 Å². The van der Waals surface area contributed by atoms with Crippen molar-refractivity contribution in [2.24, 2.45) is 10.8 Å². The molecule has 0 unspecified atom stereocenters. The molecule has 1 spiro atoms. The van der Waals surface area contributed by atoms with Crippen molar-refractivity contribution >= 4 is 41.1 Å². The number of aromatic nitrogens is 1. The minimum absolute atomic E-state index is 0.0663. The van der Waals surface area contributed by atoms with E-state index in [1.807, 2.05) is 75.4 Å². The molecule has 0 radical (unpaired) electrons. The third-order valence-corrected chi connectivity index (χ3v) is 10.9. The lowest BCUT2D eigenvalue weighted by Crippen LogP contribution is -2.68. The molecule has 2 N–H and O–H groups in total. The number of ketones is 1. The van der Waals surface area contributed by atoms with E-state index in [1.165, 1.54) is 4.90 Å². The molecule has 4 aliphatic carbocycles. The van der Waals surface area contributed by atoms with E-state index in [0.29, 0.717) is 50.0 Å². The molecule has 266 valence electrons. The van der Waals surface area contributed by atoms with E-state index < -0.39 is 22.5 Å². The Morgan fingerprint density at radius 1 is 0.941 bits per heavy atom. The number of nitrogens with zero attached hydrogens (tertiary/aromatic N) is 3. The molecule has 11 nitrogen and oxygen atoms in total. The molecule has 0 saturated heterocycles. The molecule has 2 heterocycles. The zero-order valence-corrected chi connectivity index (χ0v) is 29.9. The molecule has 5 aliphatic rings. The van der Waals surface area contributed by atoms with Crippen molar-refractivity contribution in [3.05, 3.63) is 88.6 Å². The largest absolute Gasteiger partial charge is 0.444 e. The Bertz CT molecular complexity index is 1950. The van der Waals surface area contributed by atoms with Gasteiger partial charge in [0.15, 0.2) is 0 Å². The van der Waals surface area contributed by atoms with E-state index >= 15 is 0 Å². The van der Waals surface area contributed by atoms with Gasteiger partial charge < -0.3 is 30.0 Å². The molecular formula is C40H45N5O6. The quantitative estimate of drug-likeness (QED) is 0.284. The maximum atomic E-state index is 14.3. The highest BCUT2D eigenvalue weighted by Gasteiger charge is 2.71. The number of benzene rings is 2. The summed E-state index contributed by atoms with van der Waals surface area (Å²) in [5.74, 6) is 0.238. The van der Waals surface area contributed by atoms with Crippen molar-refractivity contribution in [2.75, 3.05) is 24.2 Å². The van der Waals surface area contributed by atoms with Gasteiger partial charge in [-0.15, -0.1) is 0 Å². The third kappa shape index (κ3) is 6.38. The number of carbonyl (C=O) groups excluding carboxylic acids is 5. The normalized spacial score (nSPS) is 23.7. The summed E-state index contributed by atoms with van der Waals surface area (Å²) in [5.41, 5.74) is 3.17. The van der Waals surface area contributed by atoms with Crippen LogP contribution in [0.1, 0.15) is 81.2 Å². The summed E-state index contributed by atoms with van der Waals surface area (Å²) in [5, 5.41) is 5.94. The fourth-order valence-corrected chi connectivity index (χ4v) is 8.93. The molecule has 3 fully saturated rings. The average molecular weight is 692 g/mol. The van der Waals surface area contributed by atoms with Crippen LogP contribution in [0.2, 0.25) is 0 Å². The Balaban J connectivity index is 1.08. The highest BCUT2D eigenvalue weighted by Crippen LogP contribution is 2.75. The molecule has 3 aromatic rings. The molecule has 3 saturated carbocycles. The Morgan fingerprint density at radius 3 is 2.31 bits per heavy atom. The predicted molar refractivity (Wildman–Crippen MR) is 191 cm³/mol. The summed E-state index contributed by atoms with van der Waals surface area (Å²) in [6.45, 7) is 7.32. The highest BCUT2D eigenvalue weighted by atomic mass is 16.6. The van der Waals surface area contributed by atoms with Crippen LogP contribution >= 0.6 is 0 Å². The van der Waals surface area contributed by atoms with Crippen molar-refractivity contribution < 1.29 is 28.7 Å². The van der Waals surface area contributed by atoms with Crippen molar-refractivity contribution in [3.63, 3.8) is 0 Å². The lowest BCUT2D eigenvalue weighted by Gasteiger charge is -2.70. The summed E-state index contributed by atoms with van der Waals surface area (Å²) < 4.78 is 5.55. The molecule has 1 atom stereocenters. The maximum Gasteiger partial charge on any atom is 0.410 e. The van der Waals surface area contributed by atoms with Crippen LogP contribution < -0.4 is 10.6 Å². The van der Waals surface area contributed by atoms with Gasteiger partial charge in [-0.1, -0.05) is 36.4 Å². The van der Waals surface area contributed by atoms with Gasteiger partial charge in [-0.2, -0.15) is 0 Å². The van der Waals surface area contributed by atoms with Gasteiger partial charge in [0.1, 0.15) is 23.7 Å². The van der Waals surface area contributed by atoms with Crippen molar-refractivity contribution in [1.29, 1.82) is 0 Å². The van der Waals surface area contributed by atoms with Crippen LogP contribution in [0.3, 0.4) is 0 Å². The Labute approximate surface area is 298 Å². The maximum absolute atomic E-state index is 14.3. The first-order valence-corrected chi connectivity index (χ1v) is 17.6. The number of Topliss-reactive ketones (excluding diaryl/α,β-unsaturated/α-hetero) is 1. The molecule has 51 heavy (non-hydrogen) atoms. The van der Waals surface area contributed by atoms with Crippen molar-refractivity contribution in [3.8, 4) is 0 Å². The number of carbonyl (C=O) groups is 5. The van der Waals surface area contributed by atoms with Crippen molar-refractivity contribution in [1.82, 2.24) is 14.8 Å². The fraction of sp³-hybridized carbons (Fsp3) is 0.450. The summed E-state index contributed by atoms with van der Waals surface area (Å²) in [6, 6.07) is 17.1. The first-order chi connectivity index (χ1) is 24.1. The SMILES string of the molecule is CC(=O)CC12CC(C(=O)N(CC(=O)Nc3ccc4c(c3)C[C@@]3(C4)C(=O)Nc4ncccc43)Cc3ccccc3CN(C)C(=O)OC(C)(C)C)(C1)C2. The number of nitrogens with one attached hydrogen (secondary N) is 2. The lowest BCUT2D eigenvalue weighted by molar-refractivity contribution is -0.218. The minimum Gasteiger partial charge on any atom is -0.444 e. The number of hydrogen-bond donors (Lipinski definition) is 2. The number of anilines is 2. The smallest absolute Gasteiger partial charge is 0.410 e. The Morgan fingerprint density at radius 2 is 1.63 bits per heavy atom. The van der Waals surface area contributed by atoms with Crippen LogP contribution in [0.5, 0.6) is 0 Å². The van der Waals surface area contributed by atoms with Crippen LogP contribution in [-0.4, -0.2) is 63.6 Å². The molecule has 2 aromatic carbocycles. The summed E-state index contributed by atoms with van der Waals surface area (Å²) in [4.78, 5) is 73.3. The van der Waals surface area contributed by atoms with Crippen LogP contribution in [-0.2, 0) is 55.3 Å². The number of hydrogen-bond acceptors (Lipinski definition) is 7. The van der Waals surface area contributed by atoms with Gasteiger partial charge in [0.25, 0.3) is 0 Å². The van der Waals surface area contributed by atoms with E-state index in [1.54, 1.807) is 25.1 Å². The molecule has 1 aliphatic heterocycles. The number of rotatable bonds is 10. The number of amides is 4. The fourth-order valence-electron chi connectivity index (χ4n) is 8.93. The van der Waals surface area contributed by atoms with E-state index in [9.17, 15) is 24.0 Å². The second kappa shape index (κ2) is 12.3. The second-order valence-corrected chi connectivity index (χ2v) is 16.3. The van der Waals surface area contributed by atoms with Gasteiger partial charge in [0.05, 0.1) is 10.8 Å². The lowest BCUT2D eigenvalue weighted by atomic mass is 9.33. The van der Waals surface area contributed by atoms with E-state index in [0.717, 1.165) is 27.8 Å². The molecular weight excluding hydrogens is 646 g/mol. The molecule has 4 amide bonds. The van der Waals surface area contributed by atoms with Gasteiger partial charge in [-0.3, -0.25) is 14.4 Å². The van der Waals surface area contributed by atoms with Crippen LogP contribution in [0, 0.1) is 10.8 Å². The second-order valence-electron chi connectivity index (χ2n) is 16.3. The minimum atomic E-state index is -0.717. The average Bonchev–Trinajstić information content (AvgIpc) is 3.53. The van der Waals surface area contributed by atoms with Crippen molar-refractivity contribution in [2.45, 2.75) is 90.3 Å². The Hall–Kier alpha value is -5.06. The standard InChI is InChI=1S/C40H45N5O6/c1-25(46)16-38-22-39(23-38,24-38)35(49)45(20-28-10-7-6-9-27(28)19-44(5)36(50)51-37(2,3)4)21-32(47)42-30-13-12-26-17-40(18-29(26)15-30)31-11-8-14-41-33(31)43-34(40)48/h6-15H,16-24H2,1-5H3,(H,42,47)(H,41,43,48)/t38?,39?,40-/m1/s1. The number of ether oxygens (including phenoxy) is 1. The number of fused-ring (bicyclic) bond motifs is 3. The van der Waals surface area contributed by atoms with Gasteiger partial charge in [-0.25, -0.2) is 9.78 Å². The first kappa shape index (κ1) is 34.4. The highest BCUT2D eigenvalue weighted by molar-refractivity contribution is 6.06. The summed E-state index contributed by atoms with van der Waals surface area (Å²) >= 11 is 0. The summed E-state index contributed by atoms with van der Waals surface area (Å²) in [7, 11) is 1.67. The molecule has 8 rings (SSSR count). The van der Waals surface area contributed by atoms with Crippen LogP contribution in [0.15, 0.2) is 60.8 Å². The molecule has 2 bridgehead atoms. The van der Waals surface area contributed by atoms with E-state index in [2.05, 4.69) is 15.6 Å². The monoisotopic (exact) mass is 691 g/mol. The number of pyridine rings is 1. The first-order valence-electron chi connectivity index (χ1n) is 17.6. The topological polar surface area (TPSA) is 138 Å². The van der Waals surface area contributed by atoms with Crippen LogP contribution in [0.25, 0.3) is 0 Å². The van der Waals surface area contributed by atoms with E-state index in [-0.39, 0.29) is 48.6 Å². The van der Waals surface area contributed by atoms with Crippen LogP contribution in [0.4, 0.5) is 16.3 Å². The summed E-state index contributed by atoms with van der Waals surface area (Å²) in [6.07, 6.45) is 4.70. The van der Waals surface area contributed by atoms with Gasteiger partial charge in [0.2, 0.25) is 17.7 Å².